The van der Waals surface area contributed by atoms with E-state index in [-0.39, 0.29) is 0 Å². The summed E-state index contributed by atoms with van der Waals surface area (Å²) in [5.41, 5.74) is 2.88. The van der Waals surface area contributed by atoms with Gasteiger partial charge >= 0.3 is 0 Å². The van der Waals surface area contributed by atoms with E-state index in [0.29, 0.717) is 5.92 Å². The van der Waals surface area contributed by atoms with Crippen molar-refractivity contribution in [3.05, 3.63) is 35.4 Å². The zero-order chi connectivity index (χ0) is 13.7. The first-order valence-electron chi connectivity index (χ1n) is 7.49. The van der Waals surface area contributed by atoms with Crippen molar-refractivity contribution < 1.29 is 4.74 Å². The lowest BCUT2D eigenvalue weighted by Gasteiger charge is -2.34. The topological polar surface area (TPSA) is 21.3 Å². The first-order valence-corrected chi connectivity index (χ1v) is 7.49. The monoisotopic (exact) mass is 261 g/mol. The largest absolute Gasteiger partial charge is 0.380 e. The van der Waals surface area contributed by atoms with E-state index < -0.39 is 0 Å². The second-order valence-corrected chi connectivity index (χ2v) is 6.12. The Morgan fingerprint density at radius 2 is 2.11 bits per heavy atom. The molecule has 0 aliphatic carbocycles. The van der Waals surface area contributed by atoms with Gasteiger partial charge in [-0.3, -0.25) is 0 Å². The average Bonchev–Trinajstić information content (AvgIpc) is 2.40. The maximum atomic E-state index is 5.36. The minimum absolute atomic E-state index is 0.690. The highest BCUT2D eigenvalue weighted by Crippen LogP contribution is 2.36. The highest BCUT2D eigenvalue weighted by atomic mass is 16.5. The Balaban J connectivity index is 2.21. The van der Waals surface area contributed by atoms with E-state index >= 15 is 0 Å². The van der Waals surface area contributed by atoms with Crippen molar-refractivity contribution in [1.29, 1.82) is 0 Å². The standard InChI is InChI=1S/C17H27NO/c1-13(2)10-15-11-18-9-8-17(15)16-7-5-4-6-14(16)12-19-3/h4-7,13,15,17-18H,8-12H2,1-3H3. The van der Waals surface area contributed by atoms with Crippen LogP contribution in [0.5, 0.6) is 0 Å². The van der Waals surface area contributed by atoms with E-state index in [4.69, 9.17) is 4.74 Å². The maximum Gasteiger partial charge on any atom is 0.0715 e. The average molecular weight is 261 g/mol. The summed E-state index contributed by atoms with van der Waals surface area (Å²) in [4.78, 5) is 0. The van der Waals surface area contributed by atoms with Crippen molar-refractivity contribution >= 4 is 0 Å². The Morgan fingerprint density at radius 3 is 2.84 bits per heavy atom. The number of rotatable bonds is 5. The van der Waals surface area contributed by atoms with Crippen LogP contribution in [0.4, 0.5) is 0 Å². The first-order chi connectivity index (χ1) is 9.22. The summed E-state index contributed by atoms with van der Waals surface area (Å²) in [6.45, 7) is 7.68. The first kappa shape index (κ1) is 14.5. The molecule has 1 N–H and O–H groups in total. The minimum atomic E-state index is 0.690. The van der Waals surface area contributed by atoms with Crippen molar-refractivity contribution in [1.82, 2.24) is 5.32 Å². The van der Waals surface area contributed by atoms with Gasteiger partial charge in [-0.2, -0.15) is 0 Å². The SMILES string of the molecule is COCc1ccccc1C1CCNCC1CC(C)C. The van der Waals surface area contributed by atoms with Crippen molar-refractivity contribution in [3.63, 3.8) is 0 Å². The van der Waals surface area contributed by atoms with Gasteiger partial charge in [-0.1, -0.05) is 38.1 Å². The van der Waals surface area contributed by atoms with Crippen molar-refractivity contribution in [3.8, 4) is 0 Å². The summed E-state index contributed by atoms with van der Waals surface area (Å²) in [6, 6.07) is 8.81. The molecule has 19 heavy (non-hydrogen) atoms. The number of methoxy groups -OCH3 is 1. The third-order valence-corrected chi connectivity index (χ3v) is 4.14. The Morgan fingerprint density at radius 1 is 1.32 bits per heavy atom. The van der Waals surface area contributed by atoms with Gasteiger partial charge < -0.3 is 10.1 Å². The Labute approximate surface area is 117 Å². The smallest absolute Gasteiger partial charge is 0.0715 e. The molecule has 2 heteroatoms. The quantitative estimate of drug-likeness (QED) is 0.875. The molecule has 1 aromatic carbocycles. The summed E-state index contributed by atoms with van der Waals surface area (Å²) < 4.78 is 5.36. The number of nitrogens with one attached hydrogen (secondary N) is 1. The van der Waals surface area contributed by atoms with Crippen LogP contribution in [0.1, 0.15) is 43.7 Å². The predicted molar refractivity (Wildman–Crippen MR) is 80.3 cm³/mol. The molecule has 1 saturated heterocycles. The van der Waals surface area contributed by atoms with Crippen LogP contribution in [0.3, 0.4) is 0 Å². The Kier molecular flexibility index (Phi) is 5.41. The van der Waals surface area contributed by atoms with Gasteiger partial charge in [0.25, 0.3) is 0 Å². The third kappa shape index (κ3) is 3.80. The highest BCUT2D eigenvalue weighted by Gasteiger charge is 2.28. The molecule has 0 radical (unpaired) electrons. The van der Waals surface area contributed by atoms with Gasteiger partial charge in [-0.25, -0.2) is 0 Å². The summed E-state index contributed by atoms with van der Waals surface area (Å²) >= 11 is 0. The fourth-order valence-electron chi connectivity index (χ4n) is 3.37. The molecular formula is C17H27NO. The van der Waals surface area contributed by atoms with Gasteiger partial charge in [0.2, 0.25) is 0 Å². The maximum absolute atomic E-state index is 5.36. The Hall–Kier alpha value is -0.860. The van der Waals surface area contributed by atoms with Gasteiger partial charge in [0.15, 0.2) is 0 Å². The molecule has 0 spiro atoms. The van der Waals surface area contributed by atoms with Gasteiger partial charge in [0.1, 0.15) is 0 Å². The van der Waals surface area contributed by atoms with E-state index in [1.165, 1.54) is 24.0 Å². The molecule has 106 valence electrons. The van der Waals surface area contributed by atoms with Crippen LogP contribution in [-0.4, -0.2) is 20.2 Å². The van der Waals surface area contributed by atoms with E-state index in [9.17, 15) is 0 Å². The normalized spacial score (nSPS) is 23.8. The number of piperidine rings is 1. The van der Waals surface area contributed by atoms with Crippen LogP contribution in [-0.2, 0) is 11.3 Å². The third-order valence-electron chi connectivity index (χ3n) is 4.14. The predicted octanol–water partition coefficient (Wildman–Crippen LogP) is 3.57. The van der Waals surface area contributed by atoms with E-state index in [0.717, 1.165) is 31.5 Å². The van der Waals surface area contributed by atoms with Crippen LogP contribution >= 0.6 is 0 Å². The molecular weight excluding hydrogens is 234 g/mol. The van der Waals surface area contributed by atoms with Crippen LogP contribution in [0, 0.1) is 11.8 Å². The molecule has 1 aromatic rings. The number of hydrogen-bond acceptors (Lipinski definition) is 2. The molecule has 2 unspecified atom stereocenters. The fraction of sp³-hybridized carbons (Fsp3) is 0.647. The molecule has 0 amide bonds. The van der Waals surface area contributed by atoms with Crippen LogP contribution in [0.25, 0.3) is 0 Å². The zero-order valence-corrected chi connectivity index (χ0v) is 12.5. The minimum Gasteiger partial charge on any atom is -0.380 e. The van der Waals surface area contributed by atoms with Crippen LogP contribution in [0.15, 0.2) is 24.3 Å². The second-order valence-electron chi connectivity index (χ2n) is 6.12. The van der Waals surface area contributed by atoms with E-state index in [1.807, 2.05) is 0 Å². The number of ether oxygens (including phenoxy) is 1. The highest BCUT2D eigenvalue weighted by molar-refractivity contribution is 5.31. The van der Waals surface area contributed by atoms with Crippen molar-refractivity contribution in [2.45, 2.75) is 39.2 Å². The van der Waals surface area contributed by atoms with Gasteiger partial charge in [0, 0.05) is 7.11 Å². The molecule has 0 bridgehead atoms. The zero-order valence-electron chi connectivity index (χ0n) is 12.5. The van der Waals surface area contributed by atoms with Gasteiger partial charge in [-0.15, -0.1) is 0 Å². The van der Waals surface area contributed by atoms with Crippen molar-refractivity contribution in [2.75, 3.05) is 20.2 Å². The fourth-order valence-corrected chi connectivity index (χ4v) is 3.37. The number of hydrogen-bond donors (Lipinski definition) is 1. The molecule has 2 nitrogen and oxygen atoms in total. The molecule has 2 atom stereocenters. The summed E-state index contributed by atoms with van der Waals surface area (Å²) in [6.07, 6.45) is 2.55. The molecule has 1 aliphatic rings. The molecule has 0 aromatic heterocycles. The molecule has 2 rings (SSSR count). The molecule has 0 saturated carbocycles. The summed E-state index contributed by atoms with van der Waals surface area (Å²) in [5.74, 6) is 2.21. The molecule has 1 aliphatic heterocycles. The molecule has 1 fully saturated rings. The molecule has 1 heterocycles. The number of benzene rings is 1. The van der Waals surface area contributed by atoms with Crippen molar-refractivity contribution in [2.24, 2.45) is 11.8 Å². The van der Waals surface area contributed by atoms with Crippen LogP contribution < -0.4 is 5.32 Å². The lowest BCUT2D eigenvalue weighted by Crippen LogP contribution is -2.36. The summed E-state index contributed by atoms with van der Waals surface area (Å²) in [5, 5.41) is 3.56. The van der Waals surface area contributed by atoms with Gasteiger partial charge in [-0.05, 0) is 54.8 Å². The lowest BCUT2D eigenvalue weighted by atomic mass is 9.76. The lowest BCUT2D eigenvalue weighted by molar-refractivity contribution is 0.182. The Bertz CT molecular complexity index is 389. The van der Waals surface area contributed by atoms with E-state index in [2.05, 4.69) is 43.4 Å². The second kappa shape index (κ2) is 7.06. The van der Waals surface area contributed by atoms with E-state index in [1.54, 1.807) is 7.11 Å². The van der Waals surface area contributed by atoms with Crippen LogP contribution in [0.2, 0.25) is 0 Å². The van der Waals surface area contributed by atoms with Gasteiger partial charge in [0.05, 0.1) is 6.61 Å². The summed E-state index contributed by atoms with van der Waals surface area (Å²) in [7, 11) is 1.78.